The average molecular weight is 355 g/mol. The molecule has 1 aliphatic carbocycles. The first-order chi connectivity index (χ1) is 9.66. The minimum absolute atomic E-state index is 0.165. The van der Waals surface area contributed by atoms with E-state index < -0.39 is 36.2 Å². The maximum atomic E-state index is 12.2. The quantitative estimate of drug-likeness (QED) is 0.621. The summed E-state index contributed by atoms with van der Waals surface area (Å²) >= 11 is 11.4. The van der Waals surface area contributed by atoms with Crippen molar-refractivity contribution in [3.8, 4) is 0 Å². The molecule has 2 rings (SSSR count). The first-order valence-corrected chi connectivity index (χ1v) is 8.25. The molecule has 1 aromatic carbocycles. The van der Waals surface area contributed by atoms with Gasteiger partial charge in [0.1, 0.15) is 14.9 Å². The number of aliphatic hydroxyl groups is 1. The van der Waals surface area contributed by atoms with Crippen molar-refractivity contribution in [2.24, 2.45) is 0 Å². The molecule has 0 aromatic heterocycles. The summed E-state index contributed by atoms with van der Waals surface area (Å²) < 4.78 is 26.5. The molecule has 7 nitrogen and oxygen atoms in total. The fourth-order valence-electron chi connectivity index (χ4n) is 1.97. The van der Waals surface area contributed by atoms with E-state index in [2.05, 4.69) is 4.72 Å². The molecule has 0 spiro atoms. The highest BCUT2D eigenvalue weighted by molar-refractivity contribution is 7.89. The summed E-state index contributed by atoms with van der Waals surface area (Å²) in [5.74, 6) is 0. The summed E-state index contributed by atoms with van der Waals surface area (Å²) in [7, 11) is -4.08. The number of nitro groups is 1. The Balaban J connectivity index is 2.32. The summed E-state index contributed by atoms with van der Waals surface area (Å²) in [4.78, 5) is 9.59. The van der Waals surface area contributed by atoms with Crippen molar-refractivity contribution in [2.75, 3.05) is 6.54 Å². The zero-order valence-electron chi connectivity index (χ0n) is 10.7. The molecule has 0 unspecified atom stereocenters. The van der Waals surface area contributed by atoms with Crippen molar-refractivity contribution in [1.82, 2.24) is 4.72 Å². The Bertz CT molecular complexity index is 688. The van der Waals surface area contributed by atoms with Gasteiger partial charge in [-0.3, -0.25) is 10.1 Å². The second kappa shape index (κ2) is 5.69. The fraction of sp³-hybridized carbons (Fsp3) is 0.455. The van der Waals surface area contributed by atoms with Crippen LogP contribution in [0.15, 0.2) is 17.0 Å². The van der Waals surface area contributed by atoms with E-state index in [0.29, 0.717) is 12.8 Å². The number of hydrogen-bond donors (Lipinski definition) is 2. The molecule has 1 aromatic rings. The van der Waals surface area contributed by atoms with Crippen LogP contribution in [0.4, 0.5) is 5.69 Å². The van der Waals surface area contributed by atoms with Crippen molar-refractivity contribution in [2.45, 2.75) is 29.8 Å². The van der Waals surface area contributed by atoms with Gasteiger partial charge in [-0.2, -0.15) is 0 Å². The Morgan fingerprint density at radius 1 is 1.38 bits per heavy atom. The van der Waals surface area contributed by atoms with E-state index in [0.717, 1.165) is 18.6 Å². The van der Waals surface area contributed by atoms with Crippen molar-refractivity contribution in [3.05, 3.63) is 32.3 Å². The number of rotatable bonds is 5. The molecule has 10 heteroatoms. The van der Waals surface area contributed by atoms with E-state index >= 15 is 0 Å². The van der Waals surface area contributed by atoms with Crippen molar-refractivity contribution in [1.29, 1.82) is 0 Å². The minimum Gasteiger partial charge on any atom is -0.389 e. The molecule has 0 bridgehead atoms. The third kappa shape index (κ3) is 3.29. The van der Waals surface area contributed by atoms with Crippen LogP contribution in [0.25, 0.3) is 0 Å². The van der Waals surface area contributed by atoms with Crippen LogP contribution in [0.3, 0.4) is 0 Å². The Hall–Kier alpha value is -0.930. The van der Waals surface area contributed by atoms with Gasteiger partial charge < -0.3 is 5.11 Å². The Morgan fingerprint density at radius 2 is 2.00 bits per heavy atom. The second-order valence-electron chi connectivity index (χ2n) is 4.87. The van der Waals surface area contributed by atoms with Crippen molar-refractivity contribution >= 4 is 38.9 Å². The lowest BCUT2D eigenvalue weighted by Crippen LogP contribution is -2.47. The summed E-state index contributed by atoms with van der Waals surface area (Å²) in [6, 6.07) is 2.18. The lowest BCUT2D eigenvalue weighted by molar-refractivity contribution is -0.384. The SMILES string of the molecule is O=[N+]([O-])c1c(Cl)ccc(S(=O)(=O)NCC2(O)CCC2)c1Cl. The van der Waals surface area contributed by atoms with Gasteiger partial charge in [-0.25, -0.2) is 13.1 Å². The van der Waals surface area contributed by atoms with Crippen LogP contribution in [-0.4, -0.2) is 30.6 Å². The van der Waals surface area contributed by atoms with Gasteiger partial charge in [0.15, 0.2) is 0 Å². The first-order valence-electron chi connectivity index (χ1n) is 6.01. The van der Waals surface area contributed by atoms with Gasteiger partial charge in [0.2, 0.25) is 10.0 Å². The maximum absolute atomic E-state index is 12.2. The Morgan fingerprint density at radius 3 is 2.48 bits per heavy atom. The van der Waals surface area contributed by atoms with Crippen LogP contribution >= 0.6 is 23.2 Å². The highest BCUT2D eigenvalue weighted by Crippen LogP contribution is 2.37. The zero-order valence-corrected chi connectivity index (χ0v) is 13.0. The Labute approximate surface area is 131 Å². The number of sulfonamides is 1. The third-order valence-corrected chi connectivity index (χ3v) is 5.62. The summed E-state index contributed by atoms with van der Waals surface area (Å²) in [6.45, 7) is -0.165. The molecular weight excluding hydrogens is 343 g/mol. The van der Waals surface area contributed by atoms with E-state index in [-0.39, 0.29) is 11.6 Å². The van der Waals surface area contributed by atoms with Crippen molar-refractivity contribution in [3.63, 3.8) is 0 Å². The lowest BCUT2D eigenvalue weighted by Gasteiger charge is -2.36. The van der Waals surface area contributed by atoms with Gasteiger partial charge in [0, 0.05) is 6.54 Å². The monoisotopic (exact) mass is 354 g/mol. The van der Waals surface area contributed by atoms with Crippen molar-refractivity contribution < 1.29 is 18.4 Å². The van der Waals surface area contributed by atoms with Crippen LogP contribution in [0.5, 0.6) is 0 Å². The predicted octanol–water partition coefficient (Wildman–Crippen LogP) is 2.09. The molecule has 1 fully saturated rings. The minimum atomic E-state index is -4.08. The lowest BCUT2D eigenvalue weighted by atomic mass is 9.81. The van der Waals surface area contributed by atoms with Gasteiger partial charge in [-0.05, 0) is 31.4 Å². The highest BCUT2D eigenvalue weighted by Gasteiger charge is 2.36. The van der Waals surface area contributed by atoms with Gasteiger partial charge in [0.05, 0.1) is 10.5 Å². The molecule has 21 heavy (non-hydrogen) atoms. The number of nitrogens with zero attached hydrogens (tertiary/aromatic N) is 1. The van der Waals surface area contributed by atoms with E-state index in [1.807, 2.05) is 0 Å². The van der Waals surface area contributed by atoms with Crippen LogP contribution in [0.2, 0.25) is 10.0 Å². The standard InChI is InChI=1S/C11H12Cl2N2O5S/c12-7-2-3-8(9(13)10(7)15(17)18)21(19,20)14-6-11(16)4-1-5-11/h2-3,14,16H,1,4-6H2. The largest absolute Gasteiger partial charge is 0.389 e. The molecule has 1 saturated carbocycles. The van der Waals surface area contributed by atoms with Gasteiger partial charge in [0.25, 0.3) is 0 Å². The topological polar surface area (TPSA) is 110 Å². The van der Waals surface area contributed by atoms with E-state index in [1.165, 1.54) is 0 Å². The summed E-state index contributed by atoms with van der Waals surface area (Å²) in [6.07, 6.45) is 1.83. The molecule has 0 saturated heterocycles. The molecule has 0 atom stereocenters. The van der Waals surface area contributed by atoms with E-state index in [9.17, 15) is 23.6 Å². The fourth-order valence-corrected chi connectivity index (χ4v) is 3.97. The maximum Gasteiger partial charge on any atom is 0.307 e. The molecular formula is C11H12Cl2N2O5S. The zero-order chi connectivity index (χ0) is 15.8. The predicted molar refractivity (Wildman–Crippen MR) is 77.1 cm³/mol. The Kier molecular flexibility index (Phi) is 4.46. The molecule has 1 aliphatic rings. The smallest absolute Gasteiger partial charge is 0.307 e. The number of nitro benzene ring substituents is 1. The number of halogens is 2. The molecule has 0 radical (unpaired) electrons. The number of nitrogens with one attached hydrogen (secondary N) is 1. The molecule has 116 valence electrons. The third-order valence-electron chi connectivity index (χ3n) is 3.38. The van der Waals surface area contributed by atoms with Crippen LogP contribution in [0, 0.1) is 10.1 Å². The van der Waals surface area contributed by atoms with Crippen LogP contribution in [-0.2, 0) is 10.0 Å². The number of hydrogen-bond acceptors (Lipinski definition) is 5. The summed E-state index contributed by atoms with van der Waals surface area (Å²) in [5, 5.41) is 20.0. The van der Waals surface area contributed by atoms with Crippen LogP contribution < -0.4 is 4.72 Å². The van der Waals surface area contributed by atoms with Gasteiger partial charge in [-0.15, -0.1) is 0 Å². The first kappa shape index (κ1) is 16.4. The molecule has 0 heterocycles. The molecule has 0 amide bonds. The highest BCUT2D eigenvalue weighted by atomic mass is 35.5. The van der Waals surface area contributed by atoms with Crippen LogP contribution in [0.1, 0.15) is 19.3 Å². The average Bonchev–Trinajstić information content (AvgIpc) is 2.33. The van der Waals surface area contributed by atoms with Gasteiger partial charge >= 0.3 is 5.69 Å². The van der Waals surface area contributed by atoms with E-state index in [1.54, 1.807) is 0 Å². The molecule has 2 N–H and O–H groups in total. The summed E-state index contributed by atoms with van der Waals surface area (Å²) in [5.41, 5.74) is -1.72. The number of benzene rings is 1. The second-order valence-corrected chi connectivity index (χ2v) is 7.39. The molecule has 0 aliphatic heterocycles. The van der Waals surface area contributed by atoms with E-state index in [4.69, 9.17) is 23.2 Å². The van der Waals surface area contributed by atoms with Gasteiger partial charge in [-0.1, -0.05) is 23.2 Å². The normalized spacial score (nSPS) is 17.3.